The van der Waals surface area contributed by atoms with E-state index in [1.807, 2.05) is 109 Å². The zero-order valence-electron chi connectivity index (χ0n) is 20.5. The number of para-hydroxylation sites is 2. The highest BCUT2D eigenvalue weighted by Crippen LogP contribution is 2.27. The number of carbonyl (C=O) groups is 2. The minimum atomic E-state index is -0.230. The average Bonchev–Trinajstić information content (AvgIpc) is 3.24. The van der Waals surface area contributed by atoms with Crippen molar-refractivity contribution in [3.8, 4) is 0 Å². The van der Waals surface area contributed by atoms with E-state index in [0.717, 1.165) is 29.9 Å². The number of hydrogen-bond acceptors (Lipinski definition) is 2. The summed E-state index contributed by atoms with van der Waals surface area (Å²) in [6.45, 7) is 0. The van der Waals surface area contributed by atoms with Crippen molar-refractivity contribution < 1.29 is 9.59 Å². The lowest BCUT2D eigenvalue weighted by Crippen LogP contribution is -2.38. The molecule has 0 aromatic heterocycles. The van der Waals surface area contributed by atoms with Gasteiger partial charge in [0, 0.05) is 28.2 Å². The van der Waals surface area contributed by atoms with E-state index in [0.29, 0.717) is 11.1 Å². The molecule has 2 amide bonds. The van der Waals surface area contributed by atoms with Crippen molar-refractivity contribution in [2.45, 2.75) is 18.9 Å². The molecule has 0 radical (unpaired) electrons. The topological polar surface area (TPSA) is 40.6 Å². The summed E-state index contributed by atoms with van der Waals surface area (Å²) < 4.78 is 0. The van der Waals surface area contributed by atoms with Gasteiger partial charge in [0.05, 0.1) is 6.04 Å². The Morgan fingerprint density at radius 1 is 0.622 bits per heavy atom. The minimum Gasteiger partial charge on any atom is -0.298 e. The van der Waals surface area contributed by atoms with E-state index < -0.39 is 0 Å². The summed E-state index contributed by atoms with van der Waals surface area (Å²) in [5.74, 6) is -0.251. The van der Waals surface area contributed by atoms with Crippen LogP contribution in [0.25, 0.3) is 0 Å². The predicted octanol–water partition coefficient (Wildman–Crippen LogP) is 7.26. The summed E-state index contributed by atoms with van der Waals surface area (Å²) in [5.41, 5.74) is 3.63. The van der Waals surface area contributed by atoms with Gasteiger partial charge in [-0.25, -0.2) is 0 Å². The van der Waals surface area contributed by atoms with E-state index in [-0.39, 0.29) is 17.9 Å². The van der Waals surface area contributed by atoms with Gasteiger partial charge in [-0.3, -0.25) is 19.4 Å². The molecular weight excluding hydrogens is 456 g/mol. The Labute approximate surface area is 217 Å². The quantitative estimate of drug-likeness (QED) is 0.369. The average molecular weight is 485 g/mol. The van der Waals surface area contributed by atoms with E-state index in [2.05, 4.69) is 6.08 Å². The summed E-state index contributed by atoms with van der Waals surface area (Å²) in [6, 6.07) is 26.1. The van der Waals surface area contributed by atoms with Crippen LogP contribution in [0.1, 0.15) is 33.6 Å². The molecule has 2 aliphatic rings. The van der Waals surface area contributed by atoms with Crippen molar-refractivity contribution in [2.75, 3.05) is 9.80 Å². The Bertz CT molecular complexity index is 1380. The first-order valence-corrected chi connectivity index (χ1v) is 12.5. The van der Waals surface area contributed by atoms with Crippen LogP contribution < -0.4 is 9.80 Å². The fraction of sp³-hybridized carbons (Fsp3) is 0.0909. The molecule has 0 saturated heterocycles. The molecule has 0 heterocycles. The zero-order valence-corrected chi connectivity index (χ0v) is 20.5. The van der Waals surface area contributed by atoms with Crippen molar-refractivity contribution in [2.24, 2.45) is 0 Å². The molecule has 0 spiro atoms. The van der Waals surface area contributed by atoms with Crippen molar-refractivity contribution in [3.63, 3.8) is 0 Å². The Balaban J connectivity index is 1.45. The molecular formula is C33H28N2O2. The monoisotopic (exact) mass is 484 g/mol. The van der Waals surface area contributed by atoms with Crippen LogP contribution in [0.2, 0.25) is 0 Å². The van der Waals surface area contributed by atoms with Gasteiger partial charge in [-0.15, -0.1) is 0 Å². The number of carbonyl (C=O) groups excluding carboxylic acids is 2. The van der Waals surface area contributed by atoms with E-state index in [1.54, 1.807) is 34.1 Å². The summed E-state index contributed by atoms with van der Waals surface area (Å²) >= 11 is 0. The molecule has 2 aliphatic carbocycles. The van der Waals surface area contributed by atoms with Crippen LogP contribution >= 0.6 is 0 Å². The summed E-state index contributed by atoms with van der Waals surface area (Å²) in [4.78, 5) is 31.0. The zero-order chi connectivity index (χ0) is 25.5. The van der Waals surface area contributed by atoms with Crippen LogP contribution in [0.5, 0.6) is 0 Å². The standard InChI is InChI=1S/C33H28N2O2/c36-32(34(29-16-8-3-9-17-29)28-14-6-1-2-7-15-28)26-22-24-27(25-23-26)33(37)35(30-18-10-4-11-19-30)31-20-12-5-13-21-31/h1-12,14-20,22-25,28H,13,21H2. The number of anilines is 2. The Kier molecular flexibility index (Phi) is 7.37. The van der Waals surface area contributed by atoms with Gasteiger partial charge in [0.15, 0.2) is 0 Å². The molecule has 182 valence electrons. The molecule has 0 saturated carbocycles. The van der Waals surface area contributed by atoms with Gasteiger partial charge < -0.3 is 0 Å². The van der Waals surface area contributed by atoms with Gasteiger partial charge in [-0.05, 0) is 67.4 Å². The lowest BCUT2D eigenvalue weighted by Gasteiger charge is -2.28. The maximum absolute atomic E-state index is 13.8. The van der Waals surface area contributed by atoms with E-state index in [4.69, 9.17) is 0 Å². The second-order valence-corrected chi connectivity index (χ2v) is 8.83. The molecule has 0 N–H and O–H groups in total. The van der Waals surface area contributed by atoms with Crippen molar-refractivity contribution in [3.05, 3.63) is 156 Å². The SMILES string of the molecule is O=C(c1ccc(C(=O)N(c2ccccc2)C2C=CC=CC=C2)cc1)N(C1=CC=CCC1)c1ccccc1. The number of hydrogen-bond donors (Lipinski definition) is 0. The van der Waals surface area contributed by atoms with Crippen molar-refractivity contribution >= 4 is 23.2 Å². The van der Waals surface area contributed by atoms with Crippen molar-refractivity contribution in [1.29, 1.82) is 0 Å². The summed E-state index contributed by atoms with van der Waals surface area (Å²) in [7, 11) is 0. The maximum atomic E-state index is 13.8. The molecule has 37 heavy (non-hydrogen) atoms. The number of nitrogens with zero attached hydrogens (tertiary/aromatic N) is 2. The summed E-state index contributed by atoms with van der Waals surface area (Å²) in [6.07, 6.45) is 19.5. The largest absolute Gasteiger partial charge is 0.298 e. The molecule has 5 rings (SSSR count). The Morgan fingerprint density at radius 3 is 1.76 bits per heavy atom. The normalized spacial score (nSPS) is 14.6. The minimum absolute atomic E-state index is 0.118. The third kappa shape index (κ3) is 5.44. The Morgan fingerprint density at radius 2 is 1.19 bits per heavy atom. The third-order valence-electron chi connectivity index (χ3n) is 6.38. The smallest absolute Gasteiger partial charge is 0.262 e. The van der Waals surface area contributed by atoms with Gasteiger partial charge in [0.1, 0.15) is 0 Å². The van der Waals surface area contributed by atoms with Crippen LogP contribution in [0.4, 0.5) is 11.4 Å². The molecule has 0 unspecified atom stereocenters. The van der Waals surface area contributed by atoms with E-state index in [1.165, 1.54) is 0 Å². The molecule has 4 nitrogen and oxygen atoms in total. The number of benzene rings is 3. The highest BCUT2D eigenvalue weighted by molar-refractivity contribution is 6.10. The maximum Gasteiger partial charge on any atom is 0.262 e. The number of rotatable bonds is 6. The van der Waals surface area contributed by atoms with Gasteiger partial charge >= 0.3 is 0 Å². The fourth-order valence-electron chi connectivity index (χ4n) is 4.52. The first-order valence-electron chi connectivity index (χ1n) is 12.5. The lowest BCUT2D eigenvalue weighted by molar-refractivity contribution is 0.0977. The van der Waals surface area contributed by atoms with Crippen LogP contribution in [0.3, 0.4) is 0 Å². The molecule has 0 bridgehead atoms. The molecule has 3 aromatic rings. The molecule has 4 heteroatoms. The number of amides is 2. The predicted molar refractivity (Wildman–Crippen MR) is 151 cm³/mol. The molecule has 0 aliphatic heterocycles. The van der Waals surface area contributed by atoms with E-state index >= 15 is 0 Å². The molecule has 0 atom stereocenters. The van der Waals surface area contributed by atoms with Crippen LogP contribution in [-0.4, -0.2) is 17.9 Å². The highest BCUT2D eigenvalue weighted by Gasteiger charge is 2.25. The number of allylic oxidation sites excluding steroid dienone is 8. The van der Waals surface area contributed by atoms with Crippen LogP contribution in [0.15, 0.2) is 145 Å². The second kappa shape index (κ2) is 11.4. The Hall–Kier alpha value is -4.70. The third-order valence-corrected chi connectivity index (χ3v) is 6.38. The van der Waals surface area contributed by atoms with Crippen molar-refractivity contribution in [1.82, 2.24) is 0 Å². The fourth-order valence-corrected chi connectivity index (χ4v) is 4.52. The lowest BCUT2D eigenvalue weighted by atomic mass is 10.0. The van der Waals surface area contributed by atoms with Gasteiger partial charge in [0.2, 0.25) is 0 Å². The van der Waals surface area contributed by atoms with Crippen LogP contribution in [-0.2, 0) is 0 Å². The first-order chi connectivity index (χ1) is 18.2. The molecule has 0 fully saturated rings. The van der Waals surface area contributed by atoms with Gasteiger partial charge in [0.25, 0.3) is 11.8 Å². The molecule has 3 aromatic carbocycles. The van der Waals surface area contributed by atoms with Gasteiger partial charge in [-0.2, -0.15) is 0 Å². The van der Waals surface area contributed by atoms with Gasteiger partial charge in [-0.1, -0.05) is 85.0 Å². The highest BCUT2D eigenvalue weighted by atomic mass is 16.2. The second-order valence-electron chi connectivity index (χ2n) is 8.83. The van der Waals surface area contributed by atoms with Crippen LogP contribution in [0, 0.1) is 0 Å². The summed E-state index contributed by atoms with van der Waals surface area (Å²) in [5, 5.41) is 0. The first kappa shape index (κ1) is 24.0. The van der Waals surface area contributed by atoms with E-state index in [9.17, 15) is 9.59 Å².